The van der Waals surface area contributed by atoms with Crippen LogP contribution in [0.5, 0.6) is 11.5 Å². The molecule has 174 valence electrons. The maximum Gasteiger partial charge on any atom is 0.284 e. The molecule has 3 N–H and O–H groups in total. The number of nitrogens with zero attached hydrogens (tertiary/aromatic N) is 2. The van der Waals surface area contributed by atoms with Crippen molar-refractivity contribution in [2.45, 2.75) is 25.2 Å². The van der Waals surface area contributed by atoms with Gasteiger partial charge in [-0.25, -0.2) is 13.2 Å². The number of hydrogen-bond donors (Lipinski definition) is 3. The quantitative estimate of drug-likeness (QED) is 0.387. The molecule has 0 radical (unpaired) electrons. The number of anilines is 1. The van der Waals surface area contributed by atoms with Gasteiger partial charge in [-0.1, -0.05) is 6.58 Å². The summed E-state index contributed by atoms with van der Waals surface area (Å²) in [7, 11) is 4.34. The van der Waals surface area contributed by atoms with Gasteiger partial charge in [0.25, 0.3) is 11.6 Å². The highest BCUT2D eigenvalue weighted by Gasteiger charge is 2.34. The molecule has 11 heteroatoms. The van der Waals surface area contributed by atoms with Crippen molar-refractivity contribution >= 4 is 11.6 Å². The summed E-state index contributed by atoms with van der Waals surface area (Å²) >= 11 is 0. The number of carbonyl (C=O) groups is 1. The topological polar surface area (TPSA) is 95.9 Å². The van der Waals surface area contributed by atoms with E-state index in [1.54, 1.807) is 11.7 Å². The highest BCUT2D eigenvalue weighted by molar-refractivity contribution is 6.03. The van der Waals surface area contributed by atoms with E-state index in [9.17, 15) is 18.0 Å². The first kappa shape index (κ1) is 22.4. The van der Waals surface area contributed by atoms with Gasteiger partial charge in [-0.05, 0) is 25.2 Å². The van der Waals surface area contributed by atoms with Gasteiger partial charge in [-0.15, -0.1) is 4.68 Å². The Morgan fingerprint density at radius 3 is 2.55 bits per heavy atom. The van der Waals surface area contributed by atoms with Crippen molar-refractivity contribution in [2.24, 2.45) is 7.05 Å². The number of aryl methyl sites for hydroxylation is 1. The molecule has 0 aliphatic heterocycles. The van der Waals surface area contributed by atoms with Crippen molar-refractivity contribution in [3.63, 3.8) is 0 Å². The Bertz CT molecular complexity index is 1220. The van der Waals surface area contributed by atoms with Crippen molar-refractivity contribution in [3.05, 3.63) is 53.1 Å². The van der Waals surface area contributed by atoms with E-state index in [2.05, 4.69) is 27.2 Å². The van der Waals surface area contributed by atoms with Crippen molar-refractivity contribution in [2.75, 3.05) is 19.5 Å². The molecule has 33 heavy (non-hydrogen) atoms. The minimum atomic E-state index is -1.12. The smallest absolute Gasteiger partial charge is 0.284 e. The number of hydrogen-bond acceptors (Lipinski definition) is 4. The predicted octanol–water partition coefficient (Wildman–Crippen LogP) is 3.22. The fourth-order valence-electron chi connectivity index (χ4n) is 4.26. The van der Waals surface area contributed by atoms with Crippen molar-refractivity contribution < 1.29 is 32.1 Å². The molecule has 1 aliphatic rings. The molecule has 1 unspecified atom stereocenters. The van der Waals surface area contributed by atoms with E-state index >= 15 is 0 Å². The van der Waals surface area contributed by atoms with Gasteiger partial charge >= 0.3 is 0 Å². The summed E-state index contributed by atoms with van der Waals surface area (Å²) in [4.78, 5) is 11.8. The second kappa shape index (κ2) is 8.64. The fraction of sp³-hybridized carbons (Fsp3) is 0.318. The highest BCUT2D eigenvalue weighted by Crippen LogP contribution is 2.42. The number of amides is 1. The number of halogens is 3. The number of ether oxygens (including phenoxy) is 2. The number of carbonyl (C=O) groups excluding carboxylic acids is 1. The van der Waals surface area contributed by atoms with Gasteiger partial charge in [-0.3, -0.25) is 9.89 Å². The van der Waals surface area contributed by atoms with Crippen LogP contribution in [-0.2, 0) is 24.7 Å². The Morgan fingerprint density at radius 2 is 1.94 bits per heavy atom. The normalized spacial score (nSPS) is 15.2. The summed E-state index contributed by atoms with van der Waals surface area (Å²) in [5.41, 5.74) is 2.89. The lowest BCUT2D eigenvalue weighted by Gasteiger charge is -2.24. The first-order chi connectivity index (χ1) is 15.8. The molecule has 0 fully saturated rings. The summed E-state index contributed by atoms with van der Waals surface area (Å²) in [6.45, 7) is 3.00. The van der Waals surface area contributed by atoms with Crippen LogP contribution >= 0.6 is 0 Å². The molecule has 1 aliphatic carbocycles. The minimum absolute atomic E-state index is 0.0883. The number of H-pyrrole nitrogens is 2. The monoisotopic (exact) mass is 462 g/mol. The molecule has 2 heterocycles. The number of nitrogens with one attached hydrogen (secondary N) is 3. The number of aromatic nitrogens is 4. The zero-order valence-electron chi connectivity index (χ0n) is 18.3. The van der Waals surface area contributed by atoms with Crippen LogP contribution in [0.15, 0.2) is 24.7 Å². The van der Waals surface area contributed by atoms with Gasteiger partial charge in [0.2, 0.25) is 0 Å². The van der Waals surface area contributed by atoms with Crippen LogP contribution < -0.4 is 19.5 Å². The Labute approximate surface area is 187 Å². The Kier molecular flexibility index (Phi) is 5.88. The van der Waals surface area contributed by atoms with E-state index in [-0.39, 0.29) is 17.1 Å². The molecule has 0 spiro atoms. The maximum atomic E-state index is 15.0. The van der Waals surface area contributed by atoms with Gasteiger partial charge in [-0.2, -0.15) is 10.2 Å². The third kappa shape index (κ3) is 3.83. The number of benzene rings is 1. The van der Waals surface area contributed by atoms with Gasteiger partial charge in [0.15, 0.2) is 41.7 Å². The highest BCUT2D eigenvalue weighted by atomic mass is 19.1. The molecule has 0 saturated carbocycles. The lowest BCUT2D eigenvalue weighted by Crippen LogP contribution is -2.32. The Balaban J connectivity index is 1.70. The molecule has 3 aromatic rings. The summed E-state index contributed by atoms with van der Waals surface area (Å²) < 4.78 is 54.9. The predicted molar refractivity (Wildman–Crippen MR) is 113 cm³/mol. The summed E-state index contributed by atoms with van der Waals surface area (Å²) in [6, 6.07) is 1.19. The van der Waals surface area contributed by atoms with Crippen molar-refractivity contribution in [1.82, 2.24) is 15.3 Å². The van der Waals surface area contributed by atoms with Crippen LogP contribution in [0.2, 0.25) is 0 Å². The average molecular weight is 462 g/mol. The van der Waals surface area contributed by atoms with Crippen LogP contribution in [0.4, 0.5) is 18.9 Å². The van der Waals surface area contributed by atoms with Crippen LogP contribution in [0.25, 0.3) is 11.4 Å². The van der Waals surface area contributed by atoms with Crippen LogP contribution in [-0.4, -0.2) is 35.4 Å². The third-order valence-corrected chi connectivity index (χ3v) is 5.87. The van der Waals surface area contributed by atoms with Crippen LogP contribution in [0.3, 0.4) is 0 Å². The van der Waals surface area contributed by atoms with E-state index in [0.29, 0.717) is 36.3 Å². The number of methoxy groups -OCH3 is 2. The maximum absolute atomic E-state index is 15.0. The SMILES string of the molecule is C=C(F)C(=O)Nc1c[nH][n+](C)c1-c1n[nH]c2c1CCC(c1c(F)c(OC)cc(OC)c1F)C2. The van der Waals surface area contributed by atoms with Crippen molar-refractivity contribution in [3.8, 4) is 22.9 Å². The van der Waals surface area contributed by atoms with E-state index < -0.39 is 29.3 Å². The zero-order chi connectivity index (χ0) is 23.9. The molecule has 1 aromatic carbocycles. The minimum Gasteiger partial charge on any atom is -0.494 e. The largest absolute Gasteiger partial charge is 0.494 e. The summed E-state index contributed by atoms with van der Waals surface area (Å²) in [6.07, 6.45) is 2.74. The molecule has 2 aromatic heterocycles. The van der Waals surface area contributed by atoms with Gasteiger partial charge < -0.3 is 14.8 Å². The Hall–Kier alpha value is -3.76. The number of rotatable bonds is 6. The fourth-order valence-corrected chi connectivity index (χ4v) is 4.26. The van der Waals surface area contributed by atoms with Gasteiger partial charge in [0.1, 0.15) is 5.69 Å². The molecule has 0 bridgehead atoms. The van der Waals surface area contributed by atoms with Gasteiger partial charge in [0.05, 0.1) is 20.4 Å². The van der Waals surface area contributed by atoms with Crippen molar-refractivity contribution in [1.29, 1.82) is 0 Å². The molecular weight excluding hydrogens is 439 g/mol. The summed E-state index contributed by atoms with van der Waals surface area (Å²) in [5.74, 6) is -4.23. The molecule has 1 amide bonds. The third-order valence-electron chi connectivity index (χ3n) is 5.87. The number of aromatic amines is 2. The Morgan fingerprint density at radius 1 is 1.27 bits per heavy atom. The molecule has 8 nitrogen and oxygen atoms in total. The van der Waals surface area contributed by atoms with E-state index in [0.717, 1.165) is 11.3 Å². The van der Waals surface area contributed by atoms with E-state index in [1.807, 2.05) is 0 Å². The van der Waals surface area contributed by atoms with E-state index in [1.165, 1.54) is 26.5 Å². The second-order valence-corrected chi connectivity index (χ2v) is 7.75. The second-order valence-electron chi connectivity index (χ2n) is 7.75. The first-order valence-electron chi connectivity index (χ1n) is 10.2. The molecule has 0 saturated heterocycles. The molecular formula is C22H23F3N5O3+. The first-order valence-corrected chi connectivity index (χ1v) is 10.2. The zero-order valence-corrected chi connectivity index (χ0v) is 18.3. The summed E-state index contributed by atoms with van der Waals surface area (Å²) in [5, 5.41) is 12.7. The molecule has 4 rings (SSSR count). The lowest BCUT2D eigenvalue weighted by molar-refractivity contribution is -0.716. The average Bonchev–Trinajstić information content (AvgIpc) is 3.36. The van der Waals surface area contributed by atoms with Crippen LogP contribution in [0, 0.1) is 11.6 Å². The van der Waals surface area contributed by atoms with Crippen LogP contribution in [0.1, 0.15) is 29.2 Å². The molecule has 1 atom stereocenters. The number of fused-ring (bicyclic) bond motifs is 1. The standard InChI is InChI=1S/C22H22F3N5O3/c1-10(23)22(31)27-14-9-26-30(2)21(14)20-12-6-5-11(7-13(12)28-29-20)17-18(24)15(32-3)8-16(33-4)19(17)25/h8-9,11H,1,5-7H2,2-4H3,(H2,26,27,28,29,31)/p+1. The van der Waals surface area contributed by atoms with E-state index in [4.69, 9.17) is 9.47 Å². The van der Waals surface area contributed by atoms with Gasteiger partial charge in [0, 0.05) is 22.9 Å². The lowest BCUT2D eigenvalue weighted by atomic mass is 9.81.